The molecular weight excluding hydrogens is 340 g/mol. The highest BCUT2D eigenvalue weighted by Crippen LogP contribution is 2.21. The zero-order valence-corrected chi connectivity index (χ0v) is 15.1. The molecule has 0 bridgehead atoms. The van der Waals surface area contributed by atoms with E-state index in [4.69, 9.17) is 9.26 Å². The van der Waals surface area contributed by atoms with Crippen molar-refractivity contribution in [2.45, 2.75) is 27.2 Å². The van der Waals surface area contributed by atoms with Crippen LogP contribution in [0, 0.1) is 20.8 Å². The maximum atomic E-state index is 12.4. The van der Waals surface area contributed by atoms with Crippen LogP contribution >= 0.6 is 11.3 Å². The molecule has 0 spiro atoms. The molecule has 0 amide bonds. The van der Waals surface area contributed by atoms with E-state index in [0.717, 1.165) is 16.3 Å². The number of nitrogens with zero attached hydrogens (tertiary/aromatic N) is 2. The van der Waals surface area contributed by atoms with Crippen molar-refractivity contribution in [3.8, 4) is 5.82 Å². The van der Waals surface area contributed by atoms with Crippen molar-refractivity contribution in [2.24, 2.45) is 0 Å². The van der Waals surface area contributed by atoms with Crippen LogP contribution in [0.15, 0.2) is 34.2 Å². The second kappa shape index (κ2) is 7.06. The van der Waals surface area contributed by atoms with Gasteiger partial charge in [0.2, 0.25) is 5.78 Å². The molecule has 130 valence electrons. The number of carbonyl (C=O) groups is 2. The molecule has 0 aromatic carbocycles. The quantitative estimate of drug-likeness (QED) is 0.498. The molecule has 6 nitrogen and oxygen atoms in total. The topological polar surface area (TPSA) is 74.3 Å². The molecule has 3 aromatic heterocycles. The van der Waals surface area contributed by atoms with Crippen molar-refractivity contribution in [1.82, 2.24) is 9.72 Å². The van der Waals surface area contributed by atoms with Gasteiger partial charge in [-0.2, -0.15) is 0 Å². The summed E-state index contributed by atoms with van der Waals surface area (Å²) in [5, 5.41) is 5.89. The van der Waals surface area contributed by atoms with Gasteiger partial charge >= 0.3 is 5.97 Å². The Labute approximate surface area is 149 Å². The van der Waals surface area contributed by atoms with Crippen LogP contribution in [0.25, 0.3) is 5.82 Å². The zero-order chi connectivity index (χ0) is 18.0. The fourth-order valence-electron chi connectivity index (χ4n) is 2.69. The fraction of sp³-hybridized carbons (Fsp3) is 0.278. The zero-order valence-electron chi connectivity index (χ0n) is 14.2. The van der Waals surface area contributed by atoms with Crippen LogP contribution in [0.2, 0.25) is 0 Å². The van der Waals surface area contributed by atoms with Gasteiger partial charge in [-0.25, -0.2) is 0 Å². The summed E-state index contributed by atoms with van der Waals surface area (Å²) >= 11 is 1.48. The summed E-state index contributed by atoms with van der Waals surface area (Å²) in [6, 6.07) is 7.31. The first kappa shape index (κ1) is 17.2. The maximum Gasteiger partial charge on any atom is 0.311 e. The summed E-state index contributed by atoms with van der Waals surface area (Å²) < 4.78 is 12.1. The number of rotatable bonds is 6. The van der Waals surface area contributed by atoms with Crippen LogP contribution in [-0.2, 0) is 16.0 Å². The Kier molecular flexibility index (Phi) is 4.85. The summed E-state index contributed by atoms with van der Waals surface area (Å²) in [5.41, 5.74) is 2.12. The van der Waals surface area contributed by atoms with Crippen molar-refractivity contribution in [2.75, 3.05) is 6.61 Å². The first-order valence-electron chi connectivity index (χ1n) is 7.79. The van der Waals surface area contributed by atoms with Gasteiger partial charge < -0.3 is 9.26 Å². The molecular formula is C18H18N2O4S. The van der Waals surface area contributed by atoms with Gasteiger partial charge in [0, 0.05) is 27.9 Å². The molecule has 0 saturated heterocycles. The molecule has 7 heteroatoms. The lowest BCUT2D eigenvalue weighted by molar-refractivity contribution is -0.141. The molecule has 0 aliphatic rings. The lowest BCUT2D eigenvalue weighted by atomic mass is 10.1. The van der Waals surface area contributed by atoms with E-state index in [1.807, 2.05) is 42.9 Å². The smallest absolute Gasteiger partial charge is 0.311 e. The molecule has 0 fully saturated rings. The van der Waals surface area contributed by atoms with E-state index < -0.39 is 5.97 Å². The third-order valence-electron chi connectivity index (χ3n) is 3.84. The molecule has 0 atom stereocenters. The second-order valence-corrected chi connectivity index (χ2v) is 6.79. The van der Waals surface area contributed by atoms with Crippen LogP contribution in [0.1, 0.15) is 32.4 Å². The number of aryl methyl sites for hydroxylation is 2. The minimum absolute atomic E-state index is 0.183. The van der Waals surface area contributed by atoms with Gasteiger partial charge in [0.1, 0.15) is 5.76 Å². The normalized spacial score (nSPS) is 10.8. The van der Waals surface area contributed by atoms with Crippen LogP contribution in [-0.4, -0.2) is 28.1 Å². The number of ether oxygens (including phenoxy) is 1. The van der Waals surface area contributed by atoms with Crippen molar-refractivity contribution in [1.29, 1.82) is 0 Å². The summed E-state index contributed by atoms with van der Waals surface area (Å²) in [5.74, 6) is 0.676. The summed E-state index contributed by atoms with van der Waals surface area (Å²) in [6.07, 6.45) is 0.183. The molecule has 0 N–H and O–H groups in total. The van der Waals surface area contributed by atoms with E-state index in [2.05, 4.69) is 5.16 Å². The van der Waals surface area contributed by atoms with Crippen LogP contribution in [0.5, 0.6) is 0 Å². The van der Waals surface area contributed by atoms with Gasteiger partial charge in [0.15, 0.2) is 12.4 Å². The number of Topliss-reactive ketones (excluding diaryl/α,β-unsaturated/α-hetero) is 1. The number of esters is 1. The molecule has 25 heavy (non-hydrogen) atoms. The van der Waals surface area contributed by atoms with Gasteiger partial charge in [-0.15, -0.1) is 11.3 Å². The van der Waals surface area contributed by atoms with Crippen LogP contribution in [0.3, 0.4) is 0 Å². The van der Waals surface area contributed by atoms with Gasteiger partial charge in [0.25, 0.3) is 0 Å². The van der Waals surface area contributed by atoms with Gasteiger partial charge in [-0.05, 0) is 38.3 Å². The van der Waals surface area contributed by atoms with E-state index in [0.29, 0.717) is 17.1 Å². The molecule has 3 heterocycles. The summed E-state index contributed by atoms with van der Waals surface area (Å²) in [4.78, 5) is 25.2. The van der Waals surface area contributed by atoms with Crippen molar-refractivity contribution in [3.05, 3.63) is 57.2 Å². The minimum atomic E-state index is -0.406. The van der Waals surface area contributed by atoms with E-state index >= 15 is 0 Å². The Hall–Kier alpha value is -2.67. The second-order valence-electron chi connectivity index (χ2n) is 5.76. The molecule has 0 radical (unpaired) electrons. The van der Waals surface area contributed by atoms with Gasteiger partial charge in [-0.1, -0.05) is 11.2 Å². The summed E-state index contributed by atoms with van der Waals surface area (Å²) in [7, 11) is 0. The maximum absolute atomic E-state index is 12.4. The molecule has 3 rings (SSSR count). The number of ketones is 1. The van der Waals surface area contributed by atoms with E-state index in [9.17, 15) is 9.59 Å². The van der Waals surface area contributed by atoms with E-state index in [-0.39, 0.29) is 18.8 Å². The average Bonchev–Trinajstić information content (AvgIpc) is 3.27. The summed E-state index contributed by atoms with van der Waals surface area (Å²) in [6.45, 7) is 5.25. The Morgan fingerprint density at radius 2 is 2.08 bits per heavy atom. The van der Waals surface area contributed by atoms with E-state index in [1.165, 1.54) is 11.3 Å². The first-order chi connectivity index (χ1) is 12.0. The largest absolute Gasteiger partial charge is 0.457 e. The average molecular weight is 358 g/mol. The lowest BCUT2D eigenvalue weighted by Gasteiger charge is -2.06. The first-order valence-corrected chi connectivity index (χ1v) is 8.67. The third-order valence-corrected chi connectivity index (χ3v) is 4.72. The SMILES string of the molecule is Cc1cc(-n2c(C)cc(C(=O)COC(=O)Cc3cccs3)c2C)no1. The van der Waals surface area contributed by atoms with Crippen molar-refractivity contribution >= 4 is 23.1 Å². The highest BCUT2D eigenvalue weighted by atomic mass is 32.1. The molecule has 0 saturated carbocycles. The third kappa shape index (κ3) is 3.71. The molecule has 3 aromatic rings. The Morgan fingerprint density at radius 3 is 2.72 bits per heavy atom. The lowest BCUT2D eigenvalue weighted by Crippen LogP contribution is -2.16. The fourth-order valence-corrected chi connectivity index (χ4v) is 3.38. The Morgan fingerprint density at radius 1 is 1.28 bits per heavy atom. The Balaban J connectivity index is 1.69. The number of carbonyl (C=O) groups excluding carboxylic acids is 2. The number of aromatic nitrogens is 2. The highest BCUT2D eigenvalue weighted by Gasteiger charge is 2.19. The number of thiophene rings is 1. The number of hydrogen-bond donors (Lipinski definition) is 0. The molecule has 0 aliphatic heterocycles. The Bertz CT molecular complexity index is 906. The highest BCUT2D eigenvalue weighted by molar-refractivity contribution is 7.10. The van der Waals surface area contributed by atoms with Crippen LogP contribution < -0.4 is 0 Å². The molecule has 0 aliphatic carbocycles. The van der Waals surface area contributed by atoms with Crippen LogP contribution in [0.4, 0.5) is 0 Å². The standard InChI is InChI=1S/C18H18N2O4S/c1-11-7-15(13(3)20(11)17-8-12(2)24-19-17)16(21)10-23-18(22)9-14-5-4-6-25-14/h4-8H,9-10H2,1-3H3. The van der Waals surface area contributed by atoms with E-state index in [1.54, 1.807) is 12.1 Å². The predicted molar refractivity (Wildman–Crippen MR) is 93.4 cm³/mol. The molecule has 0 unspecified atom stereocenters. The minimum Gasteiger partial charge on any atom is -0.457 e. The van der Waals surface area contributed by atoms with Crippen molar-refractivity contribution in [3.63, 3.8) is 0 Å². The van der Waals surface area contributed by atoms with Gasteiger partial charge in [-0.3, -0.25) is 14.2 Å². The monoisotopic (exact) mass is 358 g/mol. The van der Waals surface area contributed by atoms with Gasteiger partial charge in [0.05, 0.1) is 6.42 Å². The predicted octanol–water partition coefficient (Wildman–Crippen LogP) is 3.42. The number of hydrogen-bond acceptors (Lipinski definition) is 6. The van der Waals surface area contributed by atoms with Crippen molar-refractivity contribution < 1.29 is 18.8 Å².